The first-order chi connectivity index (χ1) is 10.4. The molecule has 2 heterocycles. The summed E-state index contributed by atoms with van der Waals surface area (Å²) < 4.78 is 21.0. The van der Waals surface area contributed by atoms with Crippen molar-refractivity contribution in [1.29, 1.82) is 0 Å². The Bertz CT molecular complexity index is 541. The van der Waals surface area contributed by atoms with E-state index in [9.17, 15) is 0 Å². The molecule has 0 saturated carbocycles. The third-order valence-electron chi connectivity index (χ3n) is 4.52. The molecule has 0 radical (unpaired) electrons. The van der Waals surface area contributed by atoms with Crippen LogP contribution in [0.1, 0.15) is 27.7 Å². The van der Waals surface area contributed by atoms with E-state index in [1.807, 2.05) is 10.9 Å². The summed E-state index contributed by atoms with van der Waals surface area (Å²) in [5.74, 6) is 0. The van der Waals surface area contributed by atoms with Gasteiger partial charge in [0.05, 0.1) is 26.6 Å². The number of aromatic nitrogens is 2. The normalized spacial score (nSPS) is 20.3. The fourth-order valence-corrected chi connectivity index (χ4v) is 3.61. The molecule has 5 nitrogen and oxygen atoms in total. The minimum Gasteiger partial charge on any atom is -0.398 e. The van der Waals surface area contributed by atoms with Crippen LogP contribution in [-0.4, -0.2) is 42.8 Å². The molecule has 1 fully saturated rings. The monoisotopic (exact) mass is 450 g/mol. The molecule has 130 valence electrons. The summed E-state index contributed by atoms with van der Waals surface area (Å²) in [6, 6.07) is 1.15. The molecule has 23 heavy (non-hydrogen) atoms. The quantitative estimate of drug-likeness (QED) is 0.380. The van der Waals surface area contributed by atoms with Crippen LogP contribution in [0, 0.1) is 3.57 Å². The molecular weight excluding hydrogens is 422 g/mol. The second-order valence-corrected chi connectivity index (χ2v) is 15.1. The third-order valence-corrected chi connectivity index (χ3v) is 7.05. The Kier molecular flexibility index (Phi) is 5.73. The molecule has 0 amide bonds. The first-order valence-corrected chi connectivity index (χ1v) is 12.9. The lowest BCUT2D eigenvalue weighted by Gasteiger charge is -2.32. The van der Waals surface area contributed by atoms with E-state index < -0.39 is 15.2 Å². The largest absolute Gasteiger partial charge is 0.515 e. The molecule has 1 saturated heterocycles. The lowest BCUT2D eigenvalue weighted by atomic mass is 9.85. The van der Waals surface area contributed by atoms with Crippen LogP contribution in [-0.2, 0) is 20.8 Å². The maximum atomic E-state index is 6.15. The van der Waals surface area contributed by atoms with E-state index in [1.54, 1.807) is 0 Å². The molecule has 1 aromatic rings. The summed E-state index contributed by atoms with van der Waals surface area (Å²) in [6.45, 7) is 16.5. The lowest BCUT2D eigenvalue weighted by molar-refractivity contribution is 0.00578. The molecule has 0 spiro atoms. The zero-order valence-electron chi connectivity index (χ0n) is 15.3. The zero-order valence-corrected chi connectivity index (χ0v) is 18.4. The molecule has 0 atom stereocenters. The van der Waals surface area contributed by atoms with E-state index in [2.05, 4.69) is 75.0 Å². The van der Waals surface area contributed by atoms with Crippen molar-refractivity contribution < 1.29 is 14.0 Å². The molecule has 1 aliphatic rings. The van der Waals surface area contributed by atoms with Gasteiger partial charge in [-0.1, -0.05) is 19.6 Å². The maximum Gasteiger partial charge on any atom is 0.515 e. The second-order valence-electron chi connectivity index (χ2n) is 8.31. The SMILES string of the molecule is CC1(C)OB(c2c(I)cnn2COCC[Si](C)(C)C)OC1(C)C. The first-order valence-electron chi connectivity index (χ1n) is 8.07. The van der Waals surface area contributed by atoms with Gasteiger partial charge in [0.2, 0.25) is 0 Å². The van der Waals surface area contributed by atoms with Gasteiger partial charge in [0.15, 0.2) is 0 Å². The number of halogens is 1. The number of ether oxygens (including phenoxy) is 1. The van der Waals surface area contributed by atoms with E-state index in [0.717, 1.165) is 21.8 Å². The summed E-state index contributed by atoms with van der Waals surface area (Å²) in [7, 11) is -1.48. The van der Waals surface area contributed by atoms with Gasteiger partial charge in [0.25, 0.3) is 0 Å². The number of rotatable bonds is 6. The fraction of sp³-hybridized carbons (Fsp3) is 0.800. The van der Waals surface area contributed by atoms with Gasteiger partial charge in [-0.2, -0.15) is 5.10 Å². The Morgan fingerprint density at radius 3 is 2.30 bits per heavy atom. The van der Waals surface area contributed by atoms with E-state index in [1.165, 1.54) is 0 Å². The predicted molar refractivity (Wildman–Crippen MR) is 105 cm³/mol. The Balaban J connectivity index is 2.05. The topological polar surface area (TPSA) is 45.5 Å². The molecule has 0 N–H and O–H groups in total. The number of nitrogens with zero attached hydrogens (tertiary/aromatic N) is 2. The molecular formula is C15H28BIN2O3Si. The van der Waals surface area contributed by atoms with Crippen molar-refractivity contribution in [3.05, 3.63) is 9.77 Å². The molecule has 0 bridgehead atoms. The first kappa shape index (κ1) is 19.4. The van der Waals surface area contributed by atoms with Crippen LogP contribution < -0.4 is 5.59 Å². The highest BCUT2D eigenvalue weighted by atomic mass is 127. The van der Waals surface area contributed by atoms with Gasteiger partial charge >= 0.3 is 7.12 Å². The van der Waals surface area contributed by atoms with Crippen LogP contribution in [0.5, 0.6) is 0 Å². The molecule has 1 aromatic heterocycles. The average Bonchev–Trinajstić information content (AvgIpc) is 2.82. The standard InChI is InChI=1S/C15H28BIN2O3Si/c1-14(2)15(3,4)22-16(21-14)13-12(17)10-18-19(13)11-20-8-9-23(5,6)7/h10H,8-9,11H2,1-7H3. The highest BCUT2D eigenvalue weighted by Gasteiger charge is 2.53. The van der Waals surface area contributed by atoms with Gasteiger partial charge in [-0.3, -0.25) is 0 Å². The van der Waals surface area contributed by atoms with Gasteiger partial charge < -0.3 is 14.0 Å². The third kappa shape index (κ3) is 4.59. The van der Waals surface area contributed by atoms with Crippen molar-refractivity contribution in [2.75, 3.05) is 6.61 Å². The lowest BCUT2D eigenvalue weighted by Crippen LogP contribution is -2.41. The zero-order chi connectivity index (χ0) is 17.5. The number of hydrogen-bond donors (Lipinski definition) is 0. The van der Waals surface area contributed by atoms with Crippen molar-refractivity contribution in [2.45, 2.75) is 71.3 Å². The molecule has 2 rings (SSSR count). The van der Waals surface area contributed by atoms with Gasteiger partial charge in [-0.05, 0) is 56.3 Å². The number of hydrogen-bond acceptors (Lipinski definition) is 4. The minimum atomic E-state index is -1.07. The second kappa shape index (κ2) is 6.78. The average molecular weight is 450 g/mol. The Morgan fingerprint density at radius 1 is 1.22 bits per heavy atom. The van der Waals surface area contributed by atoms with Gasteiger partial charge in [0, 0.05) is 14.7 Å². The van der Waals surface area contributed by atoms with Crippen LogP contribution in [0.2, 0.25) is 25.7 Å². The van der Waals surface area contributed by atoms with Gasteiger partial charge in [-0.15, -0.1) is 0 Å². The van der Waals surface area contributed by atoms with Crippen molar-refractivity contribution in [2.24, 2.45) is 0 Å². The highest BCUT2D eigenvalue weighted by molar-refractivity contribution is 14.1. The van der Waals surface area contributed by atoms with Crippen LogP contribution in [0.25, 0.3) is 0 Å². The minimum absolute atomic E-state index is 0.353. The van der Waals surface area contributed by atoms with E-state index in [0.29, 0.717) is 6.73 Å². The van der Waals surface area contributed by atoms with Crippen molar-refractivity contribution in [1.82, 2.24) is 9.78 Å². The summed E-state index contributed by atoms with van der Waals surface area (Å²) in [4.78, 5) is 0. The molecule has 8 heteroatoms. The smallest absolute Gasteiger partial charge is 0.398 e. The predicted octanol–water partition coefficient (Wildman–Crippen LogP) is 3.10. The Morgan fingerprint density at radius 2 is 1.78 bits per heavy atom. The Hall–Kier alpha value is 0.102. The van der Waals surface area contributed by atoms with Crippen LogP contribution in [0.3, 0.4) is 0 Å². The van der Waals surface area contributed by atoms with Crippen LogP contribution >= 0.6 is 22.6 Å². The maximum absolute atomic E-state index is 6.15. The van der Waals surface area contributed by atoms with Crippen molar-refractivity contribution in [3.8, 4) is 0 Å². The molecule has 0 aromatic carbocycles. The van der Waals surface area contributed by atoms with Crippen molar-refractivity contribution in [3.63, 3.8) is 0 Å². The molecule has 1 aliphatic heterocycles. The van der Waals surface area contributed by atoms with E-state index in [4.69, 9.17) is 14.0 Å². The fourth-order valence-electron chi connectivity index (χ4n) is 2.19. The van der Waals surface area contributed by atoms with Gasteiger partial charge in [-0.25, -0.2) is 4.68 Å². The summed E-state index contributed by atoms with van der Waals surface area (Å²) in [6.07, 6.45) is 1.84. The highest BCUT2D eigenvalue weighted by Crippen LogP contribution is 2.36. The van der Waals surface area contributed by atoms with E-state index >= 15 is 0 Å². The summed E-state index contributed by atoms with van der Waals surface area (Å²) in [5.41, 5.74) is 0.237. The summed E-state index contributed by atoms with van der Waals surface area (Å²) in [5, 5.41) is 4.43. The van der Waals surface area contributed by atoms with Crippen LogP contribution in [0.4, 0.5) is 0 Å². The van der Waals surface area contributed by atoms with Crippen molar-refractivity contribution >= 4 is 43.4 Å². The Labute approximate surface area is 154 Å². The van der Waals surface area contributed by atoms with Gasteiger partial charge in [0.1, 0.15) is 6.73 Å². The van der Waals surface area contributed by atoms with Crippen LogP contribution in [0.15, 0.2) is 6.20 Å². The summed E-state index contributed by atoms with van der Waals surface area (Å²) >= 11 is 2.28. The molecule has 0 aliphatic carbocycles. The van der Waals surface area contributed by atoms with E-state index in [-0.39, 0.29) is 11.2 Å². The molecule has 0 unspecified atom stereocenters.